The van der Waals surface area contributed by atoms with Crippen LogP contribution in [0, 0.1) is 0 Å². The molecule has 0 spiro atoms. The van der Waals surface area contributed by atoms with Crippen LogP contribution in [0.1, 0.15) is 5.56 Å². The van der Waals surface area contributed by atoms with E-state index in [0.717, 1.165) is 5.56 Å². The maximum absolute atomic E-state index is 4.24. The Kier molecular flexibility index (Phi) is 5.97. The Morgan fingerprint density at radius 2 is 1.72 bits per heavy atom. The zero-order chi connectivity index (χ0) is 13.2. The topological polar surface area (TPSA) is 48.8 Å². The standard InChI is InChI=1S/C14H18N4/c1-12(17-10-15-3)13(2)18-11-16-9-14-7-5-4-6-8-14/h4-8,10-11H,1-2,9H2,3H3,(H,15,17)(H,16,18). The Morgan fingerprint density at radius 1 is 1.11 bits per heavy atom. The van der Waals surface area contributed by atoms with Gasteiger partial charge in [-0.05, 0) is 5.56 Å². The molecule has 1 aromatic carbocycles. The van der Waals surface area contributed by atoms with Gasteiger partial charge in [0.1, 0.15) is 0 Å². The van der Waals surface area contributed by atoms with E-state index >= 15 is 0 Å². The highest BCUT2D eigenvalue weighted by Gasteiger charge is 1.94. The molecule has 4 nitrogen and oxygen atoms in total. The molecule has 0 saturated carbocycles. The molecule has 0 saturated heterocycles. The summed E-state index contributed by atoms with van der Waals surface area (Å²) in [6.07, 6.45) is 3.17. The molecule has 0 aliphatic heterocycles. The fourth-order valence-corrected chi connectivity index (χ4v) is 1.17. The number of hydrogen-bond acceptors (Lipinski definition) is 2. The molecule has 0 amide bonds. The van der Waals surface area contributed by atoms with Gasteiger partial charge < -0.3 is 10.6 Å². The Labute approximate surface area is 108 Å². The summed E-state index contributed by atoms with van der Waals surface area (Å²) in [6, 6.07) is 10.0. The van der Waals surface area contributed by atoms with Gasteiger partial charge in [0.05, 0.1) is 30.6 Å². The second kappa shape index (κ2) is 7.84. The summed E-state index contributed by atoms with van der Waals surface area (Å²) in [7, 11) is 1.68. The molecule has 0 fully saturated rings. The van der Waals surface area contributed by atoms with E-state index in [1.165, 1.54) is 0 Å². The van der Waals surface area contributed by atoms with Gasteiger partial charge in [0, 0.05) is 7.05 Å². The number of benzene rings is 1. The molecule has 2 N–H and O–H groups in total. The number of nitrogens with one attached hydrogen (secondary N) is 2. The largest absolute Gasteiger partial charge is 0.346 e. The SMILES string of the molecule is C=C(NC=NC)C(=C)NC=NCc1ccccc1. The zero-order valence-electron chi connectivity index (χ0n) is 10.6. The van der Waals surface area contributed by atoms with E-state index in [9.17, 15) is 0 Å². The third-order valence-electron chi connectivity index (χ3n) is 2.18. The summed E-state index contributed by atoms with van der Waals surface area (Å²) in [5.41, 5.74) is 2.48. The van der Waals surface area contributed by atoms with Crippen molar-refractivity contribution in [1.29, 1.82) is 0 Å². The number of hydrogen-bond donors (Lipinski definition) is 2. The van der Waals surface area contributed by atoms with Gasteiger partial charge in [-0.1, -0.05) is 43.5 Å². The maximum Gasteiger partial charge on any atom is 0.0872 e. The molecule has 0 heterocycles. The first-order valence-electron chi connectivity index (χ1n) is 5.58. The Balaban J connectivity index is 2.32. The normalized spacial score (nSPS) is 10.7. The van der Waals surface area contributed by atoms with E-state index in [1.54, 1.807) is 19.7 Å². The van der Waals surface area contributed by atoms with Crippen LogP contribution >= 0.6 is 0 Å². The van der Waals surface area contributed by atoms with Gasteiger partial charge in [0.15, 0.2) is 0 Å². The van der Waals surface area contributed by atoms with E-state index in [2.05, 4.69) is 33.8 Å². The van der Waals surface area contributed by atoms with Crippen molar-refractivity contribution < 1.29 is 0 Å². The molecule has 0 atom stereocenters. The van der Waals surface area contributed by atoms with Crippen LogP contribution < -0.4 is 10.6 Å². The van der Waals surface area contributed by atoms with Crippen LogP contribution in [0.25, 0.3) is 0 Å². The first-order chi connectivity index (χ1) is 8.74. The molecule has 0 radical (unpaired) electrons. The van der Waals surface area contributed by atoms with Gasteiger partial charge in [0.2, 0.25) is 0 Å². The minimum atomic E-state index is 0.636. The molecule has 0 unspecified atom stereocenters. The third kappa shape index (κ3) is 5.12. The zero-order valence-corrected chi connectivity index (χ0v) is 10.6. The van der Waals surface area contributed by atoms with Gasteiger partial charge in [-0.25, -0.2) is 0 Å². The first-order valence-corrected chi connectivity index (χ1v) is 5.58. The molecule has 0 aromatic heterocycles. The molecule has 1 rings (SSSR count). The minimum Gasteiger partial charge on any atom is -0.346 e. The van der Waals surface area contributed by atoms with Crippen molar-refractivity contribution in [3.8, 4) is 0 Å². The molecular formula is C14H18N4. The Bertz CT molecular complexity index is 446. The van der Waals surface area contributed by atoms with E-state index in [-0.39, 0.29) is 0 Å². The molecule has 4 heteroatoms. The average Bonchev–Trinajstić information content (AvgIpc) is 2.41. The lowest BCUT2D eigenvalue weighted by molar-refractivity contribution is 1.03. The summed E-state index contributed by atoms with van der Waals surface area (Å²) < 4.78 is 0. The Morgan fingerprint density at radius 3 is 2.33 bits per heavy atom. The first kappa shape index (κ1) is 13.7. The lowest BCUT2D eigenvalue weighted by Crippen LogP contribution is -2.20. The second-order valence-corrected chi connectivity index (χ2v) is 3.59. The molecule has 1 aromatic rings. The lowest BCUT2D eigenvalue weighted by atomic mass is 10.2. The maximum atomic E-state index is 4.24. The van der Waals surface area contributed by atoms with Gasteiger partial charge in [-0.3, -0.25) is 9.98 Å². The van der Waals surface area contributed by atoms with Crippen molar-refractivity contribution in [2.45, 2.75) is 6.54 Å². The monoisotopic (exact) mass is 242 g/mol. The van der Waals surface area contributed by atoms with Crippen molar-refractivity contribution >= 4 is 12.7 Å². The van der Waals surface area contributed by atoms with Crippen LogP contribution in [0.5, 0.6) is 0 Å². The number of rotatable bonds is 7. The third-order valence-corrected chi connectivity index (χ3v) is 2.18. The van der Waals surface area contributed by atoms with Crippen molar-refractivity contribution in [3.05, 3.63) is 60.4 Å². The Hall–Kier alpha value is -2.36. The molecule has 0 aliphatic carbocycles. The predicted octanol–water partition coefficient (Wildman–Crippen LogP) is 2.08. The fourth-order valence-electron chi connectivity index (χ4n) is 1.17. The van der Waals surface area contributed by atoms with E-state index in [4.69, 9.17) is 0 Å². The van der Waals surface area contributed by atoms with Gasteiger partial charge >= 0.3 is 0 Å². The highest BCUT2D eigenvalue weighted by atomic mass is 15.0. The molecule has 0 aliphatic rings. The van der Waals surface area contributed by atoms with E-state index in [1.807, 2.05) is 30.3 Å². The van der Waals surface area contributed by atoms with Gasteiger partial charge in [-0.2, -0.15) is 0 Å². The molecule has 0 bridgehead atoms. The van der Waals surface area contributed by atoms with Crippen LogP contribution in [-0.2, 0) is 6.54 Å². The van der Waals surface area contributed by atoms with Crippen LogP contribution in [0.3, 0.4) is 0 Å². The number of aliphatic imine (C=N–C) groups is 2. The summed E-state index contributed by atoms with van der Waals surface area (Å²) in [6.45, 7) is 8.27. The van der Waals surface area contributed by atoms with Gasteiger partial charge in [-0.15, -0.1) is 0 Å². The van der Waals surface area contributed by atoms with Crippen molar-refractivity contribution in [1.82, 2.24) is 10.6 Å². The van der Waals surface area contributed by atoms with E-state index in [0.29, 0.717) is 17.9 Å². The minimum absolute atomic E-state index is 0.636. The quantitative estimate of drug-likeness (QED) is 0.437. The van der Waals surface area contributed by atoms with Crippen LogP contribution in [0.15, 0.2) is 64.9 Å². The van der Waals surface area contributed by atoms with Crippen LogP contribution in [0.4, 0.5) is 0 Å². The van der Waals surface area contributed by atoms with Crippen LogP contribution in [0.2, 0.25) is 0 Å². The van der Waals surface area contributed by atoms with E-state index < -0.39 is 0 Å². The van der Waals surface area contributed by atoms with Crippen LogP contribution in [-0.4, -0.2) is 19.7 Å². The highest BCUT2D eigenvalue weighted by molar-refractivity contribution is 5.63. The molecular weight excluding hydrogens is 224 g/mol. The highest BCUT2D eigenvalue weighted by Crippen LogP contribution is 1.99. The predicted molar refractivity (Wildman–Crippen MR) is 77.6 cm³/mol. The number of nitrogens with zero attached hydrogens (tertiary/aromatic N) is 2. The van der Waals surface area contributed by atoms with Gasteiger partial charge in [0.25, 0.3) is 0 Å². The lowest BCUT2D eigenvalue weighted by Gasteiger charge is -2.07. The fraction of sp³-hybridized carbons (Fsp3) is 0.143. The van der Waals surface area contributed by atoms with Crippen molar-refractivity contribution in [2.75, 3.05) is 7.05 Å². The van der Waals surface area contributed by atoms with Crippen molar-refractivity contribution in [3.63, 3.8) is 0 Å². The molecule has 94 valence electrons. The summed E-state index contributed by atoms with van der Waals surface area (Å²) in [4.78, 5) is 8.04. The smallest absolute Gasteiger partial charge is 0.0872 e. The van der Waals surface area contributed by atoms with Crippen molar-refractivity contribution in [2.24, 2.45) is 9.98 Å². The summed E-state index contributed by atoms with van der Waals surface area (Å²) >= 11 is 0. The summed E-state index contributed by atoms with van der Waals surface area (Å²) in [5.74, 6) is 0. The average molecular weight is 242 g/mol. The summed E-state index contributed by atoms with van der Waals surface area (Å²) in [5, 5.41) is 5.83. The molecule has 18 heavy (non-hydrogen) atoms. The second-order valence-electron chi connectivity index (χ2n) is 3.59.